The van der Waals surface area contributed by atoms with Gasteiger partial charge in [-0.3, -0.25) is 19.8 Å². The molecule has 2 fully saturated rings. The Labute approximate surface area is 176 Å². The molecular formula is C21H29N3O6. The smallest absolute Gasteiger partial charge is 0.338 e. The van der Waals surface area contributed by atoms with E-state index in [2.05, 4.69) is 4.90 Å². The first-order valence-electron chi connectivity index (χ1n) is 10.4. The first-order chi connectivity index (χ1) is 14.3. The molecule has 3 rings (SSSR count). The van der Waals surface area contributed by atoms with E-state index in [0.717, 1.165) is 38.5 Å². The van der Waals surface area contributed by atoms with Crippen LogP contribution in [0.25, 0.3) is 0 Å². The average molecular weight is 419 g/mol. The number of esters is 1. The van der Waals surface area contributed by atoms with E-state index >= 15 is 0 Å². The third-order valence-corrected chi connectivity index (χ3v) is 5.49. The molecule has 9 heteroatoms. The highest BCUT2D eigenvalue weighted by Gasteiger charge is 2.33. The van der Waals surface area contributed by atoms with Gasteiger partial charge in [-0.05, 0) is 39.7 Å². The monoisotopic (exact) mass is 419 g/mol. The van der Waals surface area contributed by atoms with Gasteiger partial charge in [-0.15, -0.1) is 0 Å². The second-order valence-corrected chi connectivity index (χ2v) is 8.02. The molecule has 2 heterocycles. The Morgan fingerprint density at radius 1 is 1.20 bits per heavy atom. The fourth-order valence-corrected chi connectivity index (χ4v) is 4.36. The zero-order valence-corrected chi connectivity index (χ0v) is 17.7. The fourth-order valence-electron chi connectivity index (χ4n) is 4.36. The summed E-state index contributed by atoms with van der Waals surface area (Å²) in [5, 5.41) is 11.3. The Morgan fingerprint density at radius 2 is 1.87 bits per heavy atom. The maximum atomic E-state index is 13.2. The highest BCUT2D eigenvalue weighted by molar-refractivity contribution is 5.99. The van der Waals surface area contributed by atoms with Crippen molar-refractivity contribution in [1.82, 2.24) is 9.80 Å². The van der Waals surface area contributed by atoms with Gasteiger partial charge in [0.1, 0.15) is 0 Å². The van der Waals surface area contributed by atoms with Crippen LogP contribution in [0.3, 0.4) is 0 Å². The normalized spacial score (nSPS) is 24.6. The molecule has 3 unspecified atom stereocenters. The van der Waals surface area contributed by atoms with Crippen LogP contribution in [0, 0.1) is 10.1 Å². The number of nitro benzene ring substituents is 1. The molecule has 30 heavy (non-hydrogen) atoms. The van der Waals surface area contributed by atoms with Crippen LogP contribution in [0.4, 0.5) is 5.69 Å². The molecule has 1 aromatic carbocycles. The third-order valence-electron chi connectivity index (χ3n) is 5.49. The minimum Gasteiger partial charge on any atom is -0.462 e. The molecular weight excluding hydrogens is 390 g/mol. The van der Waals surface area contributed by atoms with E-state index in [1.54, 1.807) is 11.8 Å². The molecule has 9 nitrogen and oxygen atoms in total. The summed E-state index contributed by atoms with van der Waals surface area (Å²) in [6, 6.07) is 3.80. The number of hydrogen-bond donors (Lipinski definition) is 0. The van der Waals surface area contributed by atoms with Crippen LogP contribution in [0.5, 0.6) is 0 Å². The van der Waals surface area contributed by atoms with Gasteiger partial charge >= 0.3 is 5.97 Å². The lowest BCUT2D eigenvalue weighted by molar-refractivity contribution is -0.384. The fraction of sp³-hybridized carbons (Fsp3) is 0.619. The molecule has 2 aliphatic rings. The molecule has 2 aliphatic heterocycles. The van der Waals surface area contributed by atoms with Crippen LogP contribution in [0.2, 0.25) is 0 Å². The molecule has 2 saturated heterocycles. The SMILES string of the molecule is CCOC(=O)c1cc(C(=O)N2CCCC2CN2CC(C)OC(C)C2)cc([N+](=O)[O-])c1. The van der Waals surface area contributed by atoms with E-state index in [1.165, 1.54) is 12.1 Å². The van der Waals surface area contributed by atoms with Crippen molar-refractivity contribution in [1.29, 1.82) is 0 Å². The maximum Gasteiger partial charge on any atom is 0.338 e. The number of nitro groups is 1. The van der Waals surface area contributed by atoms with Gasteiger partial charge in [0.05, 0.1) is 29.3 Å². The Balaban J connectivity index is 1.80. The second kappa shape index (κ2) is 9.53. The summed E-state index contributed by atoms with van der Waals surface area (Å²) < 4.78 is 10.7. The summed E-state index contributed by atoms with van der Waals surface area (Å²) in [5.74, 6) is -0.967. The summed E-state index contributed by atoms with van der Waals surface area (Å²) in [5.41, 5.74) is -0.140. The van der Waals surface area contributed by atoms with Crippen LogP contribution in [0.1, 0.15) is 54.3 Å². The van der Waals surface area contributed by atoms with Gasteiger partial charge in [0.25, 0.3) is 11.6 Å². The lowest BCUT2D eigenvalue weighted by Gasteiger charge is -2.38. The number of carbonyl (C=O) groups excluding carboxylic acids is 2. The van der Waals surface area contributed by atoms with Gasteiger partial charge < -0.3 is 14.4 Å². The summed E-state index contributed by atoms with van der Waals surface area (Å²) in [7, 11) is 0. The number of amides is 1. The number of benzene rings is 1. The first-order valence-corrected chi connectivity index (χ1v) is 10.4. The summed E-state index contributed by atoms with van der Waals surface area (Å²) in [4.78, 5) is 40.2. The Hall–Kier alpha value is -2.52. The number of hydrogen-bond acceptors (Lipinski definition) is 7. The number of ether oxygens (including phenoxy) is 2. The molecule has 0 N–H and O–H groups in total. The van der Waals surface area contributed by atoms with Crippen LogP contribution in [-0.4, -0.2) is 77.6 Å². The summed E-state index contributed by atoms with van der Waals surface area (Å²) in [6.07, 6.45) is 2.04. The highest BCUT2D eigenvalue weighted by atomic mass is 16.6. The van der Waals surface area contributed by atoms with E-state index in [4.69, 9.17) is 9.47 Å². The Bertz CT molecular complexity index is 804. The van der Waals surface area contributed by atoms with Crippen molar-refractivity contribution >= 4 is 17.6 Å². The van der Waals surface area contributed by atoms with Gasteiger partial charge in [0, 0.05) is 49.9 Å². The van der Waals surface area contributed by atoms with E-state index in [-0.39, 0.29) is 47.6 Å². The van der Waals surface area contributed by atoms with Crippen LogP contribution < -0.4 is 0 Å². The van der Waals surface area contributed by atoms with Gasteiger partial charge in [-0.25, -0.2) is 4.79 Å². The number of morpholine rings is 1. The largest absolute Gasteiger partial charge is 0.462 e. The van der Waals surface area contributed by atoms with Crippen molar-refractivity contribution in [3.8, 4) is 0 Å². The lowest BCUT2D eigenvalue weighted by Crippen LogP contribution is -2.50. The van der Waals surface area contributed by atoms with Gasteiger partial charge in [-0.1, -0.05) is 0 Å². The van der Waals surface area contributed by atoms with E-state index in [9.17, 15) is 19.7 Å². The standard InChI is InChI=1S/C21H29N3O6/c1-4-29-21(26)17-8-16(9-19(10-17)24(27)28)20(25)23-7-5-6-18(23)13-22-11-14(2)30-15(3)12-22/h8-10,14-15,18H,4-7,11-13H2,1-3H3. The number of carbonyl (C=O) groups is 2. The van der Waals surface area contributed by atoms with Crippen molar-refractivity contribution in [3.05, 3.63) is 39.4 Å². The van der Waals surface area contributed by atoms with E-state index in [0.29, 0.717) is 6.54 Å². The lowest BCUT2D eigenvalue weighted by atomic mass is 10.1. The van der Waals surface area contributed by atoms with E-state index < -0.39 is 10.9 Å². The summed E-state index contributed by atoms with van der Waals surface area (Å²) in [6.45, 7) is 8.85. The predicted molar refractivity (Wildman–Crippen MR) is 110 cm³/mol. The molecule has 0 aromatic heterocycles. The van der Waals surface area contributed by atoms with Crippen molar-refractivity contribution in [3.63, 3.8) is 0 Å². The van der Waals surface area contributed by atoms with Gasteiger partial charge in [-0.2, -0.15) is 0 Å². The molecule has 0 saturated carbocycles. The molecule has 3 atom stereocenters. The predicted octanol–water partition coefficient (Wildman–Crippen LogP) is 2.49. The topological polar surface area (TPSA) is 102 Å². The maximum absolute atomic E-state index is 13.2. The molecule has 0 radical (unpaired) electrons. The summed E-state index contributed by atoms with van der Waals surface area (Å²) >= 11 is 0. The van der Waals surface area contributed by atoms with Gasteiger partial charge in [0.15, 0.2) is 0 Å². The molecule has 0 bridgehead atoms. The second-order valence-electron chi connectivity index (χ2n) is 8.02. The average Bonchev–Trinajstić information content (AvgIpc) is 3.14. The van der Waals surface area contributed by atoms with Gasteiger partial charge in [0.2, 0.25) is 0 Å². The highest BCUT2D eigenvalue weighted by Crippen LogP contribution is 2.25. The minimum atomic E-state index is -0.676. The number of rotatable bonds is 6. The molecule has 1 amide bonds. The van der Waals surface area contributed by atoms with E-state index in [1.807, 2.05) is 13.8 Å². The van der Waals surface area contributed by atoms with Crippen LogP contribution >= 0.6 is 0 Å². The minimum absolute atomic E-state index is 0.0148. The van der Waals surface area contributed by atoms with Crippen LogP contribution in [-0.2, 0) is 9.47 Å². The molecule has 1 aromatic rings. The van der Waals surface area contributed by atoms with Crippen molar-refractivity contribution < 1.29 is 24.0 Å². The zero-order chi connectivity index (χ0) is 21.8. The van der Waals surface area contributed by atoms with Crippen molar-refractivity contribution in [2.75, 3.05) is 32.8 Å². The molecule has 0 aliphatic carbocycles. The molecule has 164 valence electrons. The Kier molecular flexibility index (Phi) is 7.04. The quantitative estimate of drug-likeness (QED) is 0.396. The number of nitrogens with zero attached hydrogens (tertiary/aromatic N) is 3. The van der Waals surface area contributed by atoms with Crippen molar-refractivity contribution in [2.45, 2.75) is 51.9 Å². The zero-order valence-electron chi connectivity index (χ0n) is 17.7. The first kappa shape index (κ1) is 22.2. The Morgan fingerprint density at radius 3 is 2.50 bits per heavy atom. The van der Waals surface area contributed by atoms with Crippen LogP contribution in [0.15, 0.2) is 18.2 Å². The molecule has 0 spiro atoms. The van der Waals surface area contributed by atoms with Crippen molar-refractivity contribution in [2.24, 2.45) is 0 Å². The third kappa shape index (κ3) is 5.14. The number of non-ortho nitro benzene ring substituents is 1. The number of likely N-dealkylation sites (tertiary alicyclic amines) is 1.